The lowest BCUT2D eigenvalue weighted by Crippen LogP contribution is -2.40. The molecule has 0 spiro atoms. The fraction of sp³-hybridized carbons (Fsp3) is 0.952. The second-order valence-electron chi connectivity index (χ2n) is 7.35. The van der Waals surface area contributed by atoms with E-state index in [-0.39, 0.29) is 0 Å². The van der Waals surface area contributed by atoms with Crippen LogP contribution >= 0.6 is 0 Å². The van der Waals surface area contributed by atoms with Crippen LogP contribution in [-0.2, 0) is 14.2 Å². The lowest BCUT2D eigenvalue weighted by Gasteiger charge is -2.27. The Balaban J connectivity index is 2.27. The van der Waals surface area contributed by atoms with E-state index in [2.05, 4.69) is 31.4 Å². The second-order valence-corrected chi connectivity index (χ2v) is 7.35. The third-order valence-electron chi connectivity index (χ3n) is 5.11. The normalized spacial score (nSPS) is 16.6. The van der Waals surface area contributed by atoms with Crippen LogP contribution in [0.25, 0.3) is 0 Å². The van der Waals surface area contributed by atoms with Crippen molar-refractivity contribution in [3.8, 4) is 0 Å². The van der Waals surface area contributed by atoms with E-state index in [0.717, 1.165) is 58.3 Å². The molecule has 6 nitrogen and oxygen atoms in total. The summed E-state index contributed by atoms with van der Waals surface area (Å²) in [6.45, 7) is 13.3. The molecular formula is C21H43N3O3. The first-order chi connectivity index (χ1) is 13.3. The van der Waals surface area contributed by atoms with Crippen molar-refractivity contribution in [1.29, 1.82) is 0 Å². The van der Waals surface area contributed by atoms with Crippen LogP contribution < -0.4 is 10.6 Å². The van der Waals surface area contributed by atoms with Gasteiger partial charge in [0.25, 0.3) is 0 Å². The summed E-state index contributed by atoms with van der Waals surface area (Å²) in [5, 5.41) is 6.73. The fourth-order valence-electron chi connectivity index (χ4n) is 3.44. The van der Waals surface area contributed by atoms with Crippen molar-refractivity contribution < 1.29 is 14.2 Å². The molecule has 0 bridgehead atoms. The number of aliphatic imine (C=N–C) groups is 1. The molecular weight excluding hydrogens is 342 g/mol. The minimum absolute atomic E-state index is 0.323. The topological polar surface area (TPSA) is 64.1 Å². The molecule has 0 unspecified atom stereocenters. The molecule has 2 N–H and O–H groups in total. The Bertz CT molecular complexity index is 372. The highest BCUT2D eigenvalue weighted by Crippen LogP contribution is 2.41. The average molecular weight is 386 g/mol. The first-order valence-corrected chi connectivity index (χ1v) is 11.0. The zero-order chi connectivity index (χ0) is 19.6. The number of ether oxygens (including phenoxy) is 3. The van der Waals surface area contributed by atoms with Gasteiger partial charge in [0.05, 0.1) is 19.8 Å². The van der Waals surface area contributed by atoms with E-state index in [4.69, 9.17) is 19.2 Å². The largest absolute Gasteiger partial charge is 0.382 e. The van der Waals surface area contributed by atoms with Crippen LogP contribution in [-0.4, -0.2) is 65.2 Å². The summed E-state index contributed by atoms with van der Waals surface area (Å²) in [6.07, 6.45) is 8.58. The summed E-state index contributed by atoms with van der Waals surface area (Å²) in [5.74, 6) is 0.892. The molecule has 1 fully saturated rings. The molecule has 1 saturated carbocycles. The van der Waals surface area contributed by atoms with E-state index in [9.17, 15) is 0 Å². The maximum atomic E-state index is 5.62. The molecule has 1 rings (SSSR count). The lowest BCUT2D eigenvalue weighted by atomic mass is 9.83. The van der Waals surface area contributed by atoms with Crippen LogP contribution in [0.15, 0.2) is 4.99 Å². The van der Waals surface area contributed by atoms with Gasteiger partial charge in [-0.05, 0) is 44.9 Å². The standard InChI is InChI=1S/C21H43N3O3/c1-4-7-14-26-17-18-27-16-13-23-20(22-5-2)24-19-21(10-8-9-11-21)12-15-25-6-3/h4-19H2,1-3H3,(H2,22,23,24). The zero-order valence-electron chi connectivity index (χ0n) is 18.0. The van der Waals surface area contributed by atoms with Gasteiger partial charge in [0, 0.05) is 39.5 Å². The monoisotopic (exact) mass is 385 g/mol. The Kier molecular flexibility index (Phi) is 14.5. The number of rotatable bonds is 16. The van der Waals surface area contributed by atoms with E-state index >= 15 is 0 Å². The molecule has 0 aliphatic heterocycles. The molecule has 160 valence electrons. The van der Waals surface area contributed by atoms with Crippen molar-refractivity contribution in [2.45, 2.75) is 65.7 Å². The van der Waals surface area contributed by atoms with Crippen molar-refractivity contribution in [3.05, 3.63) is 0 Å². The highest BCUT2D eigenvalue weighted by Gasteiger charge is 2.33. The van der Waals surface area contributed by atoms with Crippen molar-refractivity contribution >= 4 is 5.96 Å². The van der Waals surface area contributed by atoms with Crippen LogP contribution in [0.1, 0.15) is 65.7 Å². The molecule has 0 amide bonds. The van der Waals surface area contributed by atoms with Gasteiger partial charge in [-0.3, -0.25) is 4.99 Å². The lowest BCUT2D eigenvalue weighted by molar-refractivity contribution is 0.0487. The fourth-order valence-corrected chi connectivity index (χ4v) is 3.44. The second kappa shape index (κ2) is 16.1. The van der Waals surface area contributed by atoms with E-state index in [0.29, 0.717) is 25.2 Å². The van der Waals surface area contributed by atoms with Gasteiger partial charge in [-0.15, -0.1) is 0 Å². The molecule has 0 aromatic heterocycles. The van der Waals surface area contributed by atoms with Crippen LogP contribution in [0.2, 0.25) is 0 Å². The van der Waals surface area contributed by atoms with Gasteiger partial charge in [0.1, 0.15) is 0 Å². The van der Waals surface area contributed by atoms with Gasteiger partial charge in [-0.1, -0.05) is 26.2 Å². The van der Waals surface area contributed by atoms with Gasteiger partial charge < -0.3 is 24.8 Å². The summed E-state index contributed by atoms with van der Waals surface area (Å²) in [4.78, 5) is 4.87. The molecule has 1 aliphatic carbocycles. The van der Waals surface area contributed by atoms with Crippen LogP contribution in [0.4, 0.5) is 0 Å². The Labute approximate surface area is 166 Å². The predicted octanol–water partition coefficient (Wildman–Crippen LogP) is 3.36. The highest BCUT2D eigenvalue weighted by atomic mass is 16.5. The van der Waals surface area contributed by atoms with Gasteiger partial charge in [-0.2, -0.15) is 0 Å². The van der Waals surface area contributed by atoms with Crippen molar-refractivity contribution in [3.63, 3.8) is 0 Å². The first-order valence-electron chi connectivity index (χ1n) is 11.0. The Morgan fingerprint density at radius 1 is 0.889 bits per heavy atom. The van der Waals surface area contributed by atoms with E-state index in [1.54, 1.807) is 0 Å². The molecule has 0 radical (unpaired) electrons. The van der Waals surface area contributed by atoms with Gasteiger partial charge in [0.2, 0.25) is 0 Å². The summed E-state index contributed by atoms with van der Waals surface area (Å²) in [6, 6.07) is 0. The molecule has 0 aromatic rings. The summed E-state index contributed by atoms with van der Waals surface area (Å²) < 4.78 is 16.7. The number of nitrogens with one attached hydrogen (secondary N) is 2. The number of guanidine groups is 1. The third-order valence-corrected chi connectivity index (χ3v) is 5.11. The van der Waals surface area contributed by atoms with E-state index in [1.165, 1.54) is 32.1 Å². The smallest absolute Gasteiger partial charge is 0.191 e. The van der Waals surface area contributed by atoms with Crippen molar-refractivity contribution in [1.82, 2.24) is 10.6 Å². The molecule has 1 aliphatic rings. The minimum atomic E-state index is 0.323. The van der Waals surface area contributed by atoms with Gasteiger partial charge in [0.15, 0.2) is 5.96 Å². The van der Waals surface area contributed by atoms with Crippen LogP contribution in [0, 0.1) is 5.41 Å². The van der Waals surface area contributed by atoms with Crippen molar-refractivity contribution in [2.24, 2.45) is 10.4 Å². The maximum absolute atomic E-state index is 5.62. The Morgan fingerprint density at radius 3 is 2.30 bits per heavy atom. The SMILES string of the molecule is CCCCOCCOCCNC(=NCC1(CCOCC)CCCC1)NCC. The molecule has 27 heavy (non-hydrogen) atoms. The maximum Gasteiger partial charge on any atom is 0.191 e. The van der Waals surface area contributed by atoms with Crippen molar-refractivity contribution in [2.75, 3.05) is 59.3 Å². The number of unbranched alkanes of at least 4 members (excludes halogenated alkanes) is 1. The Morgan fingerprint density at radius 2 is 1.63 bits per heavy atom. The molecule has 0 saturated heterocycles. The van der Waals surface area contributed by atoms with E-state index < -0.39 is 0 Å². The third kappa shape index (κ3) is 11.6. The average Bonchev–Trinajstić information content (AvgIpc) is 3.14. The van der Waals surface area contributed by atoms with Gasteiger partial charge >= 0.3 is 0 Å². The first kappa shape index (κ1) is 24.2. The summed E-state index contributed by atoms with van der Waals surface area (Å²) in [5.41, 5.74) is 0.323. The van der Waals surface area contributed by atoms with Crippen LogP contribution in [0.3, 0.4) is 0 Å². The summed E-state index contributed by atoms with van der Waals surface area (Å²) >= 11 is 0. The quantitative estimate of drug-likeness (QED) is 0.242. The Hall–Kier alpha value is -0.850. The van der Waals surface area contributed by atoms with Crippen LogP contribution in [0.5, 0.6) is 0 Å². The highest BCUT2D eigenvalue weighted by molar-refractivity contribution is 5.79. The predicted molar refractivity (Wildman–Crippen MR) is 113 cm³/mol. The minimum Gasteiger partial charge on any atom is -0.382 e. The zero-order valence-corrected chi connectivity index (χ0v) is 18.0. The van der Waals surface area contributed by atoms with E-state index in [1.807, 2.05) is 0 Å². The number of hydrogen-bond acceptors (Lipinski definition) is 4. The molecule has 0 atom stereocenters. The molecule has 0 aromatic carbocycles. The number of hydrogen-bond donors (Lipinski definition) is 2. The number of nitrogens with zero attached hydrogens (tertiary/aromatic N) is 1. The molecule has 6 heteroatoms. The molecule has 0 heterocycles. The summed E-state index contributed by atoms with van der Waals surface area (Å²) in [7, 11) is 0. The van der Waals surface area contributed by atoms with Gasteiger partial charge in [-0.25, -0.2) is 0 Å².